The summed E-state index contributed by atoms with van der Waals surface area (Å²) in [5, 5.41) is 12.8. The third-order valence-electron chi connectivity index (χ3n) is 5.08. The number of hydrogen-bond acceptors (Lipinski definition) is 4. The Kier molecular flexibility index (Phi) is 7.21. The Balaban J connectivity index is 2.06. The van der Waals surface area contributed by atoms with Gasteiger partial charge in [0, 0.05) is 29.3 Å². The SMILES string of the molecule is CCN(c1cc(Cl)cc(C(=O)O)c1C)C1CCC(NC(=O)OC(C)(C)C)CC1. The van der Waals surface area contributed by atoms with E-state index in [0.717, 1.165) is 43.5 Å². The molecule has 1 fully saturated rings. The average Bonchev–Trinajstić information content (AvgIpc) is 2.57. The number of carboxylic acids is 1. The topological polar surface area (TPSA) is 78.9 Å². The molecule has 0 spiro atoms. The van der Waals surface area contributed by atoms with Gasteiger partial charge >= 0.3 is 12.1 Å². The first-order valence-electron chi connectivity index (χ1n) is 9.81. The maximum absolute atomic E-state index is 12.0. The summed E-state index contributed by atoms with van der Waals surface area (Å²) in [5.74, 6) is -0.970. The number of rotatable bonds is 5. The number of nitrogens with one attached hydrogen (secondary N) is 1. The van der Waals surface area contributed by atoms with Crippen molar-refractivity contribution in [1.29, 1.82) is 0 Å². The molecular weight excluding hydrogens is 380 g/mol. The zero-order valence-corrected chi connectivity index (χ0v) is 18.1. The van der Waals surface area contributed by atoms with Crippen LogP contribution in [0.25, 0.3) is 0 Å². The van der Waals surface area contributed by atoms with Gasteiger partial charge in [0.05, 0.1) is 5.56 Å². The second kappa shape index (κ2) is 9.03. The van der Waals surface area contributed by atoms with E-state index in [4.69, 9.17) is 16.3 Å². The second-order valence-electron chi connectivity index (χ2n) is 8.34. The largest absolute Gasteiger partial charge is 0.478 e. The van der Waals surface area contributed by atoms with Crippen molar-refractivity contribution in [2.24, 2.45) is 0 Å². The third-order valence-corrected chi connectivity index (χ3v) is 5.30. The molecule has 28 heavy (non-hydrogen) atoms. The van der Waals surface area contributed by atoms with E-state index < -0.39 is 11.6 Å². The van der Waals surface area contributed by atoms with Crippen LogP contribution >= 0.6 is 11.6 Å². The van der Waals surface area contributed by atoms with Crippen molar-refractivity contribution < 1.29 is 19.4 Å². The number of ether oxygens (including phenoxy) is 1. The summed E-state index contributed by atoms with van der Waals surface area (Å²) in [5.41, 5.74) is 1.33. The molecular formula is C21H31ClN2O4. The molecule has 1 aliphatic carbocycles. The predicted octanol–water partition coefficient (Wildman–Crippen LogP) is 5.01. The molecule has 156 valence electrons. The molecule has 0 radical (unpaired) electrons. The maximum Gasteiger partial charge on any atom is 0.407 e. The Morgan fingerprint density at radius 1 is 1.25 bits per heavy atom. The maximum atomic E-state index is 12.0. The van der Waals surface area contributed by atoms with E-state index in [1.54, 1.807) is 0 Å². The van der Waals surface area contributed by atoms with Crippen molar-refractivity contribution in [2.45, 2.75) is 78.0 Å². The fraction of sp³-hybridized carbons (Fsp3) is 0.619. The Bertz CT molecular complexity index is 722. The van der Waals surface area contributed by atoms with Crippen molar-refractivity contribution in [3.05, 3.63) is 28.3 Å². The molecule has 6 nitrogen and oxygen atoms in total. The Hall–Kier alpha value is -1.95. The lowest BCUT2D eigenvalue weighted by Gasteiger charge is -2.39. The molecule has 2 N–H and O–H groups in total. The molecule has 0 aromatic heterocycles. The van der Waals surface area contributed by atoms with Crippen LogP contribution in [0.15, 0.2) is 12.1 Å². The summed E-state index contributed by atoms with van der Waals surface area (Å²) in [6, 6.07) is 3.72. The van der Waals surface area contributed by atoms with Crippen LogP contribution in [-0.2, 0) is 4.74 Å². The summed E-state index contributed by atoms with van der Waals surface area (Å²) < 4.78 is 5.34. The molecule has 0 heterocycles. The van der Waals surface area contributed by atoms with Gasteiger partial charge in [0.1, 0.15) is 5.60 Å². The zero-order valence-electron chi connectivity index (χ0n) is 17.3. The van der Waals surface area contributed by atoms with Crippen LogP contribution in [-0.4, -0.2) is 41.4 Å². The number of aromatic carboxylic acids is 1. The number of carboxylic acid groups (broad SMARTS) is 1. The number of carbonyl (C=O) groups excluding carboxylic acids is 1. The predicted molar refractivity (Wildman–Crippen MR) is 112 cm³/mol. The van der Waals surface area contributed by atoms with Gasteiger partial charge in [0.2, 0.25) is 0 Å². The number of carbonyl (C=O) groups is 2. The smallest absolute Gasteiger partial charge is 0.407 e. The lowest BCUT2D eigenvalue weighted by Crippen LogP contribution is -2.45. The molecule has 1 aliphatic rings. The van der Waals surface area contributed by atoms with Gasteiger partial charge in [-0.15, -0.1) is 0 Å². The molecule has 1 aromatic rings. The van der Waals surface area contributed by atoms with Gasteiger partial charge in [-0.3, -0.25) is 0 Å². The van der Waals surface area contributed by atoms with Crippen molar-refractivity contribution in [3.63, 3.8) is 0 Å². The van der Waals surface area contributed by atoms with E-state index in [1.165, 1.54) is 6.07 Å². The van der Waals surface area contributed by atoms with Crippen molar-refractivity contribution >= 4 is 29.4 Å². The first-order valence-corrected chi connectivity index (χ1v) is 10.2. The lowest BCUT2D eigenvalue weighted by atomic mass is 9.89. The summed E-state index contributed by atoms with van der Waals surface area (Å²) in [6.07, 6.45) is 3.14. The van der Waals surface area contributed by atoms with E-state index in [2.05, 4.69) is 17.1 Å². The average molecular weight is 411 g/mol. The monoisotopic (exact) mass is 410 g/mol. The Labute approximate surface area is 172 Å². The zero-order chi connectivity index (χ0) is 21.1. The van der Waals surface area contributed by atoms with Crippen LogP contribution in [0.4, 0.5) is 10.5 Å². The van der Waals surface area contributed by atoms with E-state index >= 15 is 0 Å². The van der Waals surface area contributed by atoms with E-state index in [9.17, 15) is 14.7 Å². The summed E-state index contributed by atoms with van der Waals surface area (Å²) >= 11 is 6.19. The molecule has 7 heteroatoms. The van der Waals surface area contributed by atoms with Gasteiger partial charge in [-0.05, 0) is 78.0 Å². The number of hydrogen-bond donors (Lipinski definition) is 2. The molecule has 1 aromatic carbocycles. The van der Waals surface area contributed by atoms with Crippen LogP contribution in [0.3, 0.4) is 0 Å². The van der Waals surface area contributed by atoms with E-state index in [-0.39, 0.29) is 23.7 Å². The normalized spacial score (nSPS) is 19.8. The number of nitrogens with zero attached hydrogens (tertiary/aromatic N) is 1. The van der Waals surface area contributed by atoms with Crippen LogP contribution in [0, 0.1) is 6.92 Å². The first-order chi connectivity index (χ1) is 13.0. The van der Waals surface area contributed by atoms with Crippen LogP contribution in [0.2, 0.25) is 5.02 Å². The highest BCUT2D eigenvalue weighted by Gasteiger charge is 2.29. The van der Waals surface area contributed by atoms with Crippen molar-refractivity contribution in [1.82, 2.24) is 5.32 Å². The quantitative estimate of drug-likeness (QED) is 0.713. The molecule has 0 bridgehead atoms. The van der Waals surface area contributed by atoms with Crippen LogP contribution < -0.4 is 10.2 Å². The number of benzene rings is 1. The van der Waals surface area contributed by atoms with E-state index in [1.807, 2.05) is 33.8 Å². The number of amides is 1. The van der Waals surface area contributed by atoms with Crippen LogP contribution in [0.1, 0.15) is 69.3 Å². The highest BCUT2D eigenvalue weighted by Crippen LogP contribution is 2.33. The minimum absolute atomic E-state index is 0.0971. The van der Waals surface area contributed by atoms with Gasteiger partial charge in [0.15, 0.2) is 0 Å². The second-order valence-corrected chi connectivity index (χ2v) is 8.78. The standard InChI is InChI=1S/C21H31ClN2O4/c1-6-24(18-12-14(22)11-17(13(18)2)19(25)26)16-9-7-15(8-10-16)23-20(27)28-21(3,4)5/h11-12,15-16H,6-10H2,1-5H3,(H,23,27)(H,25,26). The van der Waals surface area contributed by atoms with E-state index in [0.29, 0.717) is 5.02 Å². The fourth-order valence-corrected chi connectivity index (χ4v) is 4.03. The van der Waals surface area contributed by atoms with Gasteiger partial charge in [0.25, 0.3) is 0 Å². The highest BCUT2D eigenvalue weighted by molar-refractivity contribution is 6.31. The van der Waals surface area contributed by atoms with Gasteiger partial charge in [-0.1, -0.05) is 11.6 Å². The first kappa shape index (κ1) is 22.3. The summed E-state index contributed by atoms with van der Waals surface area (Å²) in [6.45, 7) is 10.2. The molecule has 0 saturated heterocycles. The van der Waals surface area contributed by atoms with Gasteiger partial charge < -0.3 is 20.1 Å². The Morgan fingerprint density at radius 3 is 2.36 bits per heavy atom. The molecule has 0 atom stereocenters. The number of anilines is 1. The van der Waals surface area contributed by atoms with Crippen molar-refractivity contribution in [2.75, 3.05) is 11.4 Å². The summed E-state index contributed by atoms with van der Waals surface area (Å²) in [7, 11) is 0. The molecule has 1 amide bonds. The molecule has 2 rings (SSSR count). The van der Waals surface area contributed by atoms with Crippen molar-refractivity contribution in [3.8, 4) is 0 Å². The lowest BCUT2D eigenvalue weighted by molar-refractivity contribution is 0.0490. The van der Waals surface area contributed by atoms with Gasteiger partial charge in [-0.2, -0.15) is 0 Å². The highest BCUT2D eigenvalue weighted by atomic mass is 35.5. The molecule has 0 aliphatic heterocycles. The minimum Gasteiger partial charge on any atom is -0.478 e. The third kappa shape index (κ3) is 5.77. The number of halogens is 1. The van der Waals surface area contributed by atoms with Gasteiger partial charge in [-0.25, -0.2) is 9.59 Å². The summed E-state index contributed by atoms with van der Waals surface area (Å²) in [4.78, 5) is 25.8. The number of alkyl carbamates (subject to hydrolysis) is 1. The van der Waals surface area contributed by atoms with Crippen LogP contribution in [0.5, 0.6) is 0 Å². The molecule has 0 unspecified atom stereocenters. The fourth-order valence-electron chi connectivity index (χ4n) is 3.82. The Morgan fingerprint density at radius 2 is 1.86 bits per heavy atom. The molecule has 1 saturated carbocycles. The minimum atomic E-state index is -0.970.